The van der Waals surface area contributed by atoms with Crippen LogP contribution in [0.5, 0.6) is 0 Å². The number of sulfone groups is 1. The van der Waals surface area contributed by atoms with Gasteiger partial charge < -0.3 is 15.7 Å². The van der Waals surface area contributed by atoms with Crippen LogP contribution >= 0.6 is 0 Å². The molecule has 2 aliphatic heterocycles. The van der Waals surface area contributed by atoms with Crippen LogP contribution in [0.2, 0.25) is 0 Å². The van der Waals surface area contributed by atoms with Crippen LogP contribution in [0.3, 0.4) is 0 Å². The fourth-order valence-electron chi connectivity index (χ4n) is 5.62. The number of guanidine groups is 1. The maximum absolute atomic E-state index is 13.3. The van der Waals surface area contributed by atoms with Crippen LogP contribution in [0.1, 0.15) is 72.7 Å². The summed E-state index contributed by atoms with van der Waals surface area (Å²) < 4.78 is 25.7. The van der Waals surface area contributed by atoms with E-state index in [-0.39, 0.29) is 40.9 Å². The quantitative estimate of drug-likeness (QED) is 0.499. The number of aliphatic hydroxyl groups is 1. The molecular formula is C26H30N4O5S. The Bertz CT molecular complexity index is 1380. The number of nitrogens with zero attached hydrogens (tertiary/aromatic N) is 1. The number of amides is 2. The largest absolute Gasteiger partial charge is 0.387 e. The lowest BCUT2D eigenvalue weighted by atomic mass is 9.93. The minimum absolute atomic E-state index is 0.0685. The Kier molecular flexibility index (Phi) is 5.53. The zero-order chi connectivity index (χ0) is 26.0. The first-order chi connectivity index (χ1) is 16.8. The number of benzene rings is 2. The number of rotatable bonds is 3. The summed E-state index contributed by atoms with van der Waals surface area (Å²) in [5.41, 5.74) is 0.599. The Hall–Kier alpha value is -3.24. The second-order valence-electron chi connectivity index (χ2n) is 10.8. The monoisotopic (exact) mass is 510 g/mol. The molecular weight excluding hydrogens is 480 g/mol. The average molecular weight is 511 g/mol. The van der Waals surface area contributed by atoms with Gasteiger partial charge >= 0.3 is 0 Å². The van der Waals surface area contributed by atoms with Crippen molar-refractivity contribution < 1.29 is 23.1 Å². The Morgan fingerprint density at radius 1 is 1.14 bits per heavy atom. The van der Waals surface area contributed by atoms with E-state index >= 15 is 0 Å². The number of nitrogens with one attached hydrogen (secondary N) is 3. The number of carbonyl (C=O) groups is 2. The Morgan fingerprint density at radius 3 is 2.58 bits per heavy atom. The normalized spacial score (nSPS) is 28.2. The van der Waals surface area contributed by atoms with E-state index < -0.39 is 39.0 Å². The predicted molar refractivity (Wildman–Crippen MR) is 133 cm³/mol. The van der Waals surface area contributed by atoms with Gasteiger partial charge in [0.1, 0.15) is 0 Å². The fraction of sp³-hybridized carbons (Fsp3) is 0.423. The molecule has 36 heavy (non-hydrogen) atoms. The molecule has 0 aromatic heterocycles. The van der Waals surface area contributed by atoms with Crippen molar-refractivity contribution >= 4 is 27.6 Å². The summed E-state index contributed by atoms with van der Waals surface area (Å²) in [5, 5.41) is 25.4. The molecule has 5 rings (SSSR count). The van der Waals surface area contributed by atoms with Gasteiger partial charge in [0.2, 0.25) is 5.91 Å². The molecule has 3 aliphatic rings. The van der Waals surface area contributed by atoms with E-state index in [0.717, 1.165) is 11.1 Å². The molecule has 0 bridgehead atoms. The molecule has 0 spiro atoms. The summed E-state index contributed by atoms with van der Waals surface area (Å²) in [6.45, 7) is 5.33. The van der Waals surface area contributed by atoms with Gasteiger partial charge in [-0.1, -0.05) is 24.3 Å². The van der Waals surface area contributed by atoms with Crippen molar-refractivity contribution in [1.29, 1.82) is 5.41 Å². The lowest BCUT2D eigenvalue weighted by Crippen LogP contribution is -2.60. The highest BCUT2D eigenvalue weighted by Crippen LogP contribution is 2.40. The standard InChI is InChI=1S/C26H30N4O5S/c1-25(2)14-21(31)30(24(27)29-25)19-10-11-36(34,35)20-9-8-15(12-18(19)20)23(32)28-22-17-7-5-4-6-16(17)13-26(22,3)33/h4-9,12,19,22,33H,10-11,13-14H2,1-3H3,(H2,27,29)(H,28,32)/t19?,22-,26-/m1/s1. The van der Waals surface area contributed by atoms with Crippen molar-refractivity contribution in [2.75, 3.05) is 5.75 Å². The molecule has 2 aromatic carbocycles. The van der Waals surface area contributed by atoms with Gasteiger partial charge in [-0.3, -0.25) is 19.9 Å². The third-order valence-corrected chi connectivity index (χ3v) is 9.12. The lowest BCUT2D eigenvalue weighted by molar-refractivity contribution is -0.132. The highest BCUT2D eigenvalue weighted by atomic mass is 32.2. The summed E-state index contributed by atoms with van der Waals surface area (Å²) in [4.78, 5) is 27.7. The Balaban J connectivity index is 1.50. The fourth-order valence-corrected chi connectivity index (χ4v) is 7.21. The van der Waals surface area contributed by atoms with Gasteiger partial charge in [-0.05, 0) is 62.1 Å². The molecule has 10 heteroatoms. The van der Waals surface area contributed by atoms with Crippen LogP contribution in [0.4, 0.5) is 0 Å². The van der Waals surface area contributed by atoms with Crippen molar-refractivity contribution in [2.24, 2.45) is 0 Å². The molecule has 2 heterocycles. The summed E-state index contributed by atoms with van der Waals surface area (Å²) in [6, 6.07) is 10.6. The second-order valence-corrected chi connectivity index (χ2v) is 12.9. The average Bonchev–Trinajstić information content (AvgIpc) is 3.03. The maximum atomic E-state index is 13.3. The van der Waals surface area contributed by atoms with Crippen LogP contribution in [-0.2, 0) is 21.1 Å². The molecule has 0 saturated carbocycles. The summed E-state index contributed by atoms with van der Waals surface area (Å²) in [6.07, 6.45) is 0.687. The van der Waals surface area contributed by atoms with Gasteiger partial charge in [-0.15, -0.1) is 0 Å². The van der Waals surface area contributed by atoms with Crippen molar-refractivity contribution in [3.05, 3.63) is 64.7 Å². The molecule has 4 N–H and O–H groups in total. The van der Waals surface area contributed by atoms with Gasteiger partial charge in [-0.25, -0.2) is 8.42 Å². The lowest BCUT2D eigenvalue weighted by Gasteiger charge is -2.43. The van der Waals surface area contributed by atoms with Gasteiger partial charge in [0.05, 0.1) is 28.3 Å². The van der Waals surface area contributed by atoms with E-state index in [1.165, 1.54) is 23.1 Å². The van der Waals surface area contributed by atoms with Crippen LogP contribution in [0.15, 0.2) is 47.4 Å². The minimum atomic E-state index is -3.60. The number of carbonyl (C=O) groups excluding carboxylic acids is 2. The van der Waals surface area contributed by atoms with Crippen LogP contribution in [0, 0.1) is 5.41 Å². The van der Waals surface area contributed by atoms with Crippen molar-refractivity contribution in [3.63, 3.8) is 0 Å². The maximum Gasteiger partial charge on any atom is 0.251 e. The van der Waals surface area contributed by atoms with E-state index in [2.05, 4.69) is 10.6 Å². The molecule has 0 radical (unpaired) electrons. The summed E-state index contributed by atoms with van der Waals surface area (Å²) in [7, 11) is -3.60. The zero-order valence-electron chi connectivity index (χ0n) is 20.5. The van der Waals surface area contributed by atoms with E-state index in [1.807, 2.05) is 38.1 Å². The molecule has 2 amide bonds. The molecule has 9 nitrogen and oxygen atoms in total. The van der Waals surface area contributed by atoms with Crippen LogP contribution in [0.25, 0.3) is 0 Å². The van der Waals surface area contributed by atoms with Crippen LogP contribution in [-0.4, -0.2) is 53.1 Å². The second kappa shape index (κ2) is 8.14. The highest BCUT2D eigenvalue weighted by molar-refractivity contribution is 7.91. The Labute approximate surface area is 210 Å². The predicted octanol–water partition coefficient (Wildman–Crippen LogP) is 2.22. The van der Waals surface area contributed by atoms with Gasteiger partial charge in [-0.2, -0.15) is 0 Å². The van der Waals surface area contributed by atoms with Crippen molar-refractivity contribution in [3.8, 4) is 0 Å². The van der Waals surface area contributed by atoms with E-state index in [0.29, 0.717) is 12.0 Å². The molecule has 1 unspecified atom stereocenters. The smallest absolute Gasteiger partial charge is 0.251 e. The molecule has 3 atom stereocenters. The number of hydrogen-bond acceptors (Lipinski definition) is 6. The SMILES string of the molecule is CC1(C)CC(=O)N(C2CCS(=O)(=O)c3ccc(C(=O)N[C@@H]4c5ccccc5C[C@@]4(C)O)cc32)C(=N)N1. The minimum Gasteiger partial charge on any atom is -0.387 e. The highest BCUT2D eigenvalue weighted by Gasteiger charge is 2.44. The Morgan fingerprint density at radius 2 is 1.86 bits per heavy atom. The van der Waals surface area contributed by atoms with Crippen LogP contribution < -0.4 is 10.6 Å². The molecule has 190 valence electrons. The van der Waals surface area contributed by atoms with Gasteiger partial charge in [0, 0.05) is 23.9 Å². The van der Waals surface area contributed by atoms with Crippen molar-refractivity contribution in [1.82, 2.24) is 15.5 Å². The molecule has 1 aliphatic carbocycles. The molecule has 1 saturated heterocycles. The molecule has 1 fully saturated rings. The van der Waals surface area contributed by atoms with Gasteiger partial charge in [0.15, 0.2) is 15.8 Å². The van der Waals surface area contributed by atoms with E-state index in [4.69, 9.17) is 5.41 Å². The topological polar surface area (TPSA) is 140 Å². The third kappa shape index (κ3) is 4.08. The van der Waals surface area contributed by atoms with E-state index in [1.54, 1.807) is 6.92 Å². The summed E-state index contributed by atoms with van der Waals surface area (Å²) in [5.74, 6) is -0.966. The van der Waals surface area contributed by atoms with E-state index in [9.17, 15) is 23.1 Å². The third-order valence-electron chi connectivity index (χ3n) is 7.31. The summed E-state index contributed by atoms with van der Waals surface area (Å²) >= 11 is 0. The van der Waals surface area contributed by atoms with Gasteiger partial charge in [0.25, 0.3) is 5.91 Å². The first-order valence-corrected chi connectivity index (χ1v) is 13.6. The van der Waals surface area contributed by atoms with Crippen molar-refractivity contribution in [2.45, 2.75) is 68.2 Å². The number of fused-ring (bicyclic) bond motifs is 2. The molecule has 2 aromatic rings. The first-order valence-electron chi connectivity index (χ1n) is 12.0. The number of hydrogen-bond donors (Lipinski definition) is 4. The zero-order valence-corrected chi connectivity index (χ0v) is 21.3. The first kappa shape index (κ1) is 24.5.